The molecule has 154 valence electrons. The van der Waals surface area contributed by atoms with E-state index >= 15 is 0 Å². The summed E-state index contributed by atoms with van der Waals surface area (Å²) in [6, 6.07) is 13.9. The van der Waals surface area contributed by atoms with Gasteiger partial charge in [-0.25, -0.2) is 4.68 Å². The fourth-order valence-corrected chi connectivity index (χ4v) is 3.46. The van der Waals surface area contributed by atoms with Crippen LogP contribution in [0.4, 0.5) is 11.5 Å². The molecule has 8 nitrogen and oxygen atoms in total. The molecule has 0 radical (unpaired) electrons. The normalized spacial score (nSPS) is 14.0. The predicted octanol–water partition coefficient (Wildman–Crippen LogP) is 2.07. The van der Waals surface area contributed by atoms with Crippen molar-refractivity contribution < 1.29 is 14.3 Å². The fourth-order valence-electron chi connectivity index (χ4n) is 3.46. The molecule has 0 unspecified atom stereocenters. The molecule has 1 N–H and O–H groups in total. The highest BCUT2D eigenvalue weighted by Gasteiger charge is 2.19. The topological polar surface area (TPSA) is 93.5 Å². The molecule has 4 rings (SSSR count). The van der Waals surface area contributed by atoms with Gasteiger partial charge in [-0.05, 0) is 37.3 Å². The van der Waals surface area contributed by atoms with Crippen molar-refractivity contribution in [3.8, 4) is 0 Å². The number of hydrogen-bond donors (Lipinski definition) is 1. The zero-order chi connectivity index (χ0) is 21.1. The average molecular weight is 406 g/mol. The molecule has 0 atom stereocenters. The lowest BCUT2D eigenvalue weighted by atomic mass is 10.1. The van der Waals surface area contributed by atoms with Gasteiger partial charge in [0.25, 0.3) is 5.56 Å². The lowest BCUT2D eigenvalue weighted by molar-refractivity contribution is -0.117. The van der Waals surface area contributed by atoms with E-state index in [0.717, 1.165) is 5.39 Å². The molecular weight excluding hydrogens is 384 g/mol. The first-order valence-electron chi connectivity index (χ1n) is 9.76. The van der Waals surface area contributed by atoms with Crippen molar-refractivity contribution in [2.24, 2.45) is 0 Å². The maximum atomic E-state index is 12.9. The third-order valence-corrected chi connectivity index (χ3v) is 5.03. The number of benzene rings is 2. The summed E-state index contributed by atoms with van der Waals surface area (Å²) < 4.78 is 6.62. The SMILES string of the molecule is CC(=O)c1ccc(NC(=O)Cn2nc(N3CCOCC3)c3ccccc3c2=O)cc1. The van der Waals surface area contributed by atoms with Crippen molar-refractivity contribution in [3.63, 3.8) is 0 Å². The smallest absolute Gasteiger partial charge is 0.275 e. The third-order valence-electron chi connectivity index (χ3n) is 5.03. The Morgan fingerprint density at radius 3 is 2.37 bits per heavy atom. The summed E-state index contributed by atoms with van der Waals surface area (Å²) in [5, 5.41) is 8.54. The van der Waals surface area contributed by atoms with Gasteiger partial charge in [0.2, 0.25) is 5.91 Å². The number of aromatic nitrogens is 2. The van der Waals surface area contributed by atoms with Gasteiger partial charge in [-0.2, -0.15) is 5.10 Å². The van der Waals surface area contributed by atoms with E-state index in [9.17, 15) is 14.4 Å². The van der Waals surface area contributed by atoms with Crippen LogP contribution >= 0.6 is 0 Å². The highest BCUT2D eigenvalue weighted by molar-refractivity contribution is 5.96. The van der Waals surface area contributed by atoms with Gasteiger partial charge < -0.3 is 15.0 Å². The van der Waals surface area contributed by atoms with Gasteiger partial charge in [-0.15, -0.1) is 0 Å². The third kappa shape index (κ3) is 4.08. The number of amides is 1. The zero-order valence-corrected chi connectivity index (χ0v) is 16.6. The van der Waals surface area contributed by atoms with Crippen LogP contribution in [0.5, 0.6) is 0 Å². The molecule has 1 saturated heterocycles. The van der Waals surface area contributed by atoms with E-state index in [1.807, 2.05) is 12.1 Å². The standard InChI is InChI=1S/C22H22N4O4/c1-15(27)16-6-8-17(9-7-16)23-20(28)14-26-22(29)19-5-3-2-4-18(19)21(24-26)25-10-12-30-13-11-25/h2-9H,10-14H2,1H3,(H,23,28). The molecule has 2 heterocycles. The Labute approximate surface area is 173 Å². The van der Waals surface area contributed by atoms with E-state index in [0.29, 0.717) is 48.8 Å². The van der Waals surface area contributed by atoms with Gasteiger partial charge in [0.05, 0.1) is 18.6 Å². The Morgan fingerprint density at radius 1 is 1.03 bits per heavy atom. The summed E-state index contributed by atoms with van der Waals surface area (Å²) in [6.45, 7) is 3.79. The lowest BCUT2D eigenvalue weighted by Gasteiger charge is -2.29. The predicted molar refractivity (Wildman–Crippen MR) is 114 cm³/mol. The molecule has 0 aliphatic carbocycles. The number of carbonyl (C=O) groups is 2. The first-order valence-corrected chi connectivity index (χ1v) is 9.76. The zero-order valence-electron chi connectivity index (χ0n) is 16.6. The van der Waals surface area contributed by atoms with Crippen LogP contribution in [0.15, 0.2) is 53.3 Å². The summed E-state index contributed by atoms with van der Waals surface area (Å²) in [5.74, 6) is 0.255. The summed E-state index contributed by atoms with van der Waals surface area (Å²) >= 11 is 0. The van der Waals surface area contributed by atoms with E-state index in [4.69, 9.17) is 4.74 Å². The van der Waals surface area contributed by atoms with E-state index < -0.39 is 0 Å². The van der Waals surface area contributed by atoms with Crippen LogP contribution in [-0.2, 0) is 16.1 Å². The van der Waals surface area contributed by atoms with Crippen LogP contribution in [-0.4, -0.2) is 47.8 Å². The molecule has 0 spiro atoms. The molecule has 2 aromatic carbocycles. The van der Waals surface area contributed by atoms with Crippen molar-refractivity contribution in [1.29, 1.82) is 0 Å². The molecule has 8 heteroatoms. The van der Waals surface area contributed by atoms with Gasteiger partial charge in [0, 0.05) is 29.7 Å². The first kappa shape index (κ1) is 19.8. The van der Waals surface area contributed by atoms with Crippen LogP contribution in [0.2, 0.25) is 0 Å². The van der Waals surface area contributed by atoms with E-state index in [2.05, 4.69) is 15.3 Å². The quantitative estimate of drug-likeness (QED) is 0.652. The number of anilines is 2. The molecular formula is C22H22N4O4. The van der Waals surface area contributed by atoms with Crippen LogP contribution in [0, 0.1) is 0 Å². The average Bonchev–Trinajstić information content (AvgIpc) is 2.76. The minimum Gasteiger partial charge on any atom is -0.378 e. The van der Waals surface area contributed by atoms with Gasteiger partial charge in [-0.1, -0.05) is 18.2 Å². The summed E-state index contributed by atoms with van der Waals surface area (Å²) in [5.41, 5.74) is 0.799. The number of nitrogens with one attached hydrogen (secondary N) is 1. The van der Waals surface area contributed by atoms with Gasteiger partial charge in [-0.3, -0.25) is 14.4 Å². The molecule has 1 aliphatic rings. The Hall–Kier alpha value is -3.52. The Morgan fingerprint density at radius 2 is 1.70 bits per heavy atom. The van der Waals surface area contributed by atoms with E-state index in [1.165, 1.54) is 11.6 Å². The molecule has 1 aromatic heterocycles. The number of Topliss-reactive ketones (excluding diaryl/α,β-unsaturated/α-hetero) is 1. The maximum Gasteiger partial charge on any atom is 0.275 e. The maximum absolute atomic E-state index is 12.9. The number of morpholine rings is 1. The number of carbonyl (C=O) groups excluding carboxylic acids is 2. The number of rotatable bonds is 5. The van der Waals surface area contributed by atoms with Crippen LogP contribution in [0.1, 0.15) is 17.3 Å². The van der Waals surface area contributed by atoms with Gasteiger partial charge in [0.1, 0.15) is 6.54 Å². The molecule has 3 aromatic rings. The minimum absolute atomic E-state index is 0.0459. The highest BCUT2D eigenvalue weighted by atomic mass is 16.5. The molecule has 0 bridgehead atoms. The summed E-state index contributed by atoms with van der Waals surface area (Å²) in [4.78, 5) is 38.9. The van der Waals surface area contributed by atoms with Gasteiger partial charge in [0.15, 0.2) is 11.6 Å². The molecule has 1 aliphatic heterocycles. The monoisotopic (exact) mass is 406 g/mol. The second-order valence-corrected chi connectivity index (χ2v) is 7.11. The van der Waals surface area contributed by atoms with Crippen LogP contribution in [0.3, 0.4) is 0 Å². The number of nitrogens with zero attached hydrogens (tertiary/aromatic N) is 3. The number of ketones is 1. The van der Waals surface area contributed by atoms with E-state index in [-0.39, 0.29) is 23.8 Å². The molecule has 0 saturated carbocycles. The minimum atomic E-state index is -0.372. The largest absolute Gasteiger partial charge is 0.378 e. The van der Waals surface area contributed by atoms with Crippen molar-refractivity contribution in [2.45, 2.75) is 13.5 Å². The second-order valence-electron chi connectivity index (χ2n) is 7.11. The highest BCUT2D eigenvalue weighted by Crippen LogP contribution is 2.22. The molecule has 1 fully saturated rings. The number of fused-ring (bicyclic) bond motifs is 1. The van der Waals surface area contributed by atoms with Crippen molar-refractivity contribution >= 4 is 34.0 Å². The Bertz CT molecular complexity index is 1150. The molecule has 30 heavy (non-hydrogen) atoms. The van der Waals surface area contributed by atoms with Crippen LogP contribution < -0.4 is 15.8 Å². The van der Waals surface area contributed by atoms with Crippen LogP contribution in [0.25, 0.3) is 10.8 Å². The summed E-state index contributed by atoms with van der Waals surface area (Å²) in [7, 11) is 0. The first-order chi connectivity index (χ1) is 14.5. The van der Waals surface area contributed by atoms with Gasteiger partial charge >= 0.3 is 0 Å². The number of hydrogen-bond acceptors (Lipinski definition) is 6. The van der Waals surface area contributed by atoms with Crippen molar-refractivity contribution in [3.05, 3.63) is 64.4 Å². The fraction of sp³-hybridized carbons (Fsp3) is 0.273. The second kappa shape index (κ2) is 8.46. The van der Waals surface area contributed by atoms with Crippen molar-refractivity contribution in [1.82, 2.24) is 9.78 Å². The summed E-state index contributed by atoms with van der Waals surface area (Å²) in [6.07, 6.45) is 0. The lowest BCUT2D eigenvalue weighted by Crippen LogP contribution is -2.39. The molecule has 1 amide bonds. The number of ether oxygens (including phenoxy) is 1. The Balaban J connectivity index is 1.61. The van der Waals surface area contributed by atoms with Crippen molar-refractivity contribution in [2.75, 3.05) is 36.5 Å². The Kier molecular flexibility index (Phi) is 5.58. The van der Waals surface area contributed by atoms with E-state index in [1.54, 1.807) is 36.4 Å².